The van der Waals surface area contributed by atoms with Gasteiger partial charge in [0.15, 0.2) is 5.78 Å². The Labute approximate surface area is 129 Å². The summed E-state index contributed by atoms with van der Waals surface area (Å²) in [7, 11) is 0. The molecule has 0 aliphatic heterocycles. The summed E-state index contributed by atoms with van der Waals surface area (Å²) in [5.74, 6) is 1.44. The number of carbonyl (C=O) groups is 1. The van der Waals surface area contributed by atoms with E-state index in [1.165, 1.54) is 0 Å². The maximum absolute atomic E-state index is 11.8. The first-order valence-corrected chi connectivity index (χ1v) is 8.33. The highest BCUT2D eigenvalue weighted by Crippen LogP contribution is 2.24. The van der Waals surface area contributed by atoms with Crippen LogP contribution in [0.25, 0.3) is 0 Å². The van der Waals surface area contributed by atoms with Crippen LogP contribution in [0.1, 0.15) is 49.9 Å². The largest absolute Gasteiger partial charge is 0.493 e. The van der Waals surface area contributed by atoms with E-state index in [-0.39, 0.29) is 5.78 Å². The molecule has 0 aliphatic carbocycles. The van der Waals surface area contributed by atoms with Gasteiger partial charge in [-0.25, -0.2) is 0 Å². The summed E-state index contributed by atoms with van der Waals surface area (Å²) in [6, 6.07) is 5.42. The summed E-state index contributed by atoms with van der Waals surface area (Å²) in [5.41, 5.74) is 0.627. The minimum absolute atomic E-state index is 0.0336. The van der Waals surface area contributed by atoms with Crippen LogP contribution >= 0.6 is 15.9 Å². The Hall–Kier alpha value is -1.03. The first-order valence-electron chi connectivity index (χ1n) is 7.21. The van der Waals surface area contributed by atoms with Crippen molar-refractivity contribution in [2.75, 3.05) is 18.5 Å². The van der Waals surface area contributed by atoms with Crippen LogP contribution in [-0.4, -0.2) is 24.3 Å². The van der Waals surface area contributed by atoms with Gasteiger partial charge in [0.05, 0.1) is 18.5 Å². The molecule has 0 fully saturated rings. The highest BCUT2D eigenvalue weighted by atomic mass is 79.9. The fourth-order valence-corrected chi connectivity index (χ4v) is 1.97. The van der Waals surface area contributed by atoms with Crippen molar-refractivity contribution in [3.8, 4) is 11.5 Å². The van der Waals surface area contributed by atoms with Crippen molar-refractivity contribution in [1.82, 2.24) is 0 Å². The van der Waals surface area contributed by atoms with Gasteiger partial charge in [-0.2, -0.15) is 0 Å². The van der Waals surface area contributed by atoms with Crippen LogP contribution in [0.15, 0.2) is 18.2 Å². The fraction of sp³-hybridized carbons (Fsp3) is 0.562. The number of benzene rings is 1. The van der Waals surface area contributed by atoms with E-state index in [4.69, 9.17) is 9.47 Å². The number of Topliss-reactive ketones (excluding diaryl/α,β-unsaturated/α-hetero) is 1. The van der Waals surface area contributed by atoms with Crippen molar-refractivity contribution in [3.63, 3.8) is 0 Å². The van der Waals surface area contributed by atoms with Crippen molar-refractivity contribution in [3.05, 3.63) is 23.8 Å². The molecule has 20 heavy (non-hydrogen) atoms. The van der Waals surface area contributed by atoms with Crippen LogP contribution in [-0.2, 0) is 0 Å². The monoisotopic (exact) mass is 342 g/mol. The van der Waals surface area contributed by atoms with Crippen LogP contribution in [0.4, 0.5) is 0 Å². The van der Waals surface area contributed by atoms with Gasteiger partial charge in [0.25, 0.3) is 0 Å². The molecule has 0 spiro atoms. The Morgan fingerprint density at radius 1 is 1.00 bits per heavy atom. The summed E-state index contributed by atoms with van der Waals surface area (Å²) in [5, 5.41) is 0.305. The first-order chi connectivity index (χ1) is 9.71. The van der Waals surface area contributed by atoms with E-state index in [0.717, 1.165) is 25.7 Å². The van der Waals surface area contributed by atoms with E-state index >= 15 is 0 Å². The second-order valence-corrected chi connectivity index (χ2v) is 5.21. The Kier molecular flexibility index (Phi) is 8.35. The number of rotatable bonds is 10. The van der Waals surface area contributed by atoms with Crippen molar-refractivity contribution < 1.29 is 14.3 Å². The molecule has 0 unspecified atom stereocenters. The third-order valence-corrected chi connectivity index (χ3v) is 3.37. The van der Waals surface area contributed by atoms with Crippen molar-refractivity contribution in [1.29, 1.82) is 0 Å². The summed E-state index contributed by atoms with van der Waals surface area (Å²) >= 11 is 3.20. The van der Waals surface area contributed by atoms with Crippen LogP contribution in [0, 0.1) is 0 Å². The number of halogens is 1. The highest BCUT2D eigenvalue weighted by Gasteiger charge is 2.09. The minimum Gasteiger partial charge on any atom is -0.493 e. The summed E-state index contributed by atoms with van der Waals surface area (Å²) < 4.78 is 11.4. The molecule has 0 bridgehead atoms. The van der Waals surface area contributed by atoms with Gasteiger partial charge in [0.2, 0.25) is 0 Å². The van der Waals surface area contributed by atoms with Gasteiger partial charge in [-0.05, 0) is 25.0 Å². The lowest BCUT2D eigenvalue weighted by molar-refractivity contribution is 0.102. The molecule has 0 saturated carbocycles. The maximum Gasteiger partial charge on any atom is 0.173 e. The molecule has 0 aromatic heterocycles. The maximum atomic E-state index is 11.8. The Bertz CT molecular complexity index is 390. The lowest BCUT2D eigenvalue weighted by Gasteiger charge is -2.11. The van der Waals surface area contributed by atoms with Crippen LogP contribution in [0.2, 0.25) is 0 Å². The molecule has 0 heterocycles. The summed E-state index contributed by atoms with van der Waals surface area (Å²) in [6.07, 6.45) is 4.17. The molecular weight excluding hydrogens is 320 g/mol. The van der Waals surface area contributed by atoms with Gasteiger partial charge >= 0.3 is 0 Å². The Morgan fingerprint density at radius 2 is 1.50 bits per heavy atom. The van der Waals surface area contributed by atoms with Crippen LogP contribution < -0.4 is 9.47 Å². The lowest BCUT2D eigenvalue weighted by atomic mass is 10.1. The van der Waals surface area contributed by atoms with E-state index in [1.807, 2.05) is 6.07 Å². The Morgan fingerprint density at radius 3 is 1.90 bits per heavy atom. The predicted octanol–water partition coefficient (Wildman–Crippen LogP) is 4.62. The van der Waals surface area contributed by atoms with Crippen molar-refractivity contribution >= 4 is 21.7 Å². The number of unbranched alkanes of at least 4 members (excludes halogenated alkanes) is 2. The van der Waals surface area contributed by atoms with Gasteiger partial charge in [-0.1, -0.05) is 42.6 Å². The zero-order valence-corrected chi connectivity index (χ0v) is 13.9. The van der Waals surface area contributed by atoms with Gasteiger partial charge in [-0.15, -0.1) is 0 Å². The molecule has 1 aromatic rings. The molecule has 0 N–H and O–H groups in total. The number of hydrogen-bond acceptors (Lipinski definition) is 3. The fourth-order valence-electron chi connectivity index (χ4n) is 1.65. The summed E-state index contributed by atoms with van der Waals surface area (Å²) in [4.78, 5) is 11.8. The standard InChI is InChI=1S/C16H23BrO3/c1-3-5-7-19-14-9-13(16(18)12-17)10-15(11-14)20-8-6-4-2/h9-11H,3-8,12H2,1-2H3. The normalized spacial score (nSPS) is 10.3. The van der Waals surface area contributed by atoms with E-state index in [0.29, 0.717) is 35.6 Å². The van der Waals surface area contributed by atoms with Crippen molar-refractivity contribution in [2.24, 2.45) is 0 Å². The SMILES string of the molecule is CCCCOc1cc(OCCCC)cc(C(=O)CBr)c1. The molecule has 4 heteroatoms. The minimum atomic E-state index is 0.0336. The number of alkyl halides is 1. The van der Waals surface area contributed by atoms with Gasteiger partial charge in [0, 0.05) is 11.6 Å². The molecule has 0 aliphatic rings. The second-order valence-electron chi connectivity index (χ2n) is 4.65. The third-order valence-electron chi connectivity index (χ3n) is 2.86. The third kappa shape index (κ3) is 5.95. The molecule has 3 nitrogen and oxygen atoms in total. The molecule has 1 rings (SSSR count). The summed E-state index contributed by atoms with van der Waals surface area (Å²) in [6.45, 7) is 5.56. The molecular formula is C16H23BrO3. The first kappa shape index (κ1) is 17.0. The van der Waals surface area contributed by atoms with E-state index < -0.39 is 0 Å². The number of carbonyl (C=O) groups excluding carboxylic acids is 1. The smallest absolute Gasteiger partial charge is 0.173 e. The highest BCUT2D eigenvalue weighted by molar-refractivity contribution is 9.09. The number of ether oxygens (including phenoxy) is 2. The van der Waals surface area contributed by atoms with Crippen LogP contribution in [0.5, 0.6) is 11.5 Å². The van der Waals surface area contributed by atoms with Gasteiger partial charge in [0.1, 0.15) is 11.5 Å². The van der Waals surface area contributed by atoms with Gasteiger partial charge < -0.3 is 9.47 Å². The average molecular weight is 343 g/mol. The lowest BCUT2D eigenvalue weighted by Crippen LogP contribution is -2.04. The molecule has 0 radical (unpaired) electrons. The molecule has 0 atom stereocenters. The van der Waals surface area contributed by atoms with E-state index in [1.54, 1.807) is 12.1 Å². The molecule has 112 valence electrons. The molecule has 0 saturated heterocycles. The second kappa shape index (κ2) is 9.81. The van der Waals surface area contributed by atoms with E-state index in [2.05, 4.69) is 29.8 Å². The zero-order chi connectivity index (χ0) is 14.8. The molecule has 0 amide bonds. The Balaban J connectivity index is 2.80. The zero-order valence-electron chi connectivity index (χ0n) is 12.3. The van der Waals surface area contributed by atoms with E-state index in [9.17, 15) is 4.79 Å². The predicted molar refractivity (Wildman–Crippen MR) is 85.4 cm³/mol. The number of ketones is 1. The number of hydrogen-bond donors (Lipinski definition) is 0. The average Bonchev–Trinajstić information content (AvgIpc) is 2.47. The van der Waals surface area contributed by atoms with Gasteiger partial charge in [-0.3, -0.25) is 4.79 Å². The van der Waals surface area contributed by atoms with Crippen LogP contribution in [0.3, 0.4) is 0 Å². The van der Waals surface area contributed by atoms with Crippen molar-refractivity contribution in [2.45, 2.75) is 39.5 Å². The quantitative estimate of drug-likeness (QED) is 0.353. The molecule has 1 aromatic carbocycles. The topological polar surface area (TPSA) is 35.5 Å².